The van der Waals surface area contributed by atoms with E-state index in [-0.39, 0.29) is 5.75 Å². The molecule has 0 saturated heterocycles. The molecule has 0 aliphatic rings. The molecule has 0 aliphatic heterocycles. The van der Waals surface area contributed by atoms with Gasteiger partial charge in [0.1, 0.15) is 11.6 Å². The van der Waals surface area contributed by atoms with Crippen molar-refractivity contribution in [2.45, 2.75) is 13.5 Å². The Morgan fingerprint density at radius 2 is 1.73 bits per heavy atom. The van der Waals surface area contributed by atoms with Crippen LogP contribution >= 0.6 is 23.2 Å². The van der Waals surface area contributed by atoms with Crippen molar-refractivity contribution in [3.05, 3.63) is 94.4 Å². The molecule has 0 aliphatic carbocycles. The number of halogens is 2. The Bertz CT molecular complexity index is 1210. The fraction of sp³-hybridized carbons (Fsp3) is 0.0800. The molecule has 0 amide bonds. The maximum absolute atomic E-state index is 9.50. The van der Waals surface area contributed by atoms with E-state index in [1.807, 2.05) is 48.7 Å². The van der Waals surface area contributed by atoms with E-state index in [1.54, 1.807) is 18.2 Å². The number of nitrogens with zero attached hydrogens (tertiary/aromatic N) is 2. The van der Waals surface area contributed by atoms with Crippen LogP contribution in [0.5, 0.6) is 5.75 Å². The zero-order valence-electron chi connectivity index (χ0n) is 16.4. The molecule has 150 valence electrons. The molecule has 0 radical (unpaired) electrons. The summed E-state index contributed by atoms with van der Waals surface area (Å²) in [7, 11) is 0. The van der Waals surface area contributed by atoms with Crippen molar-refractivity contribution in [2.75, 3.05) is 0 Å². The Morgan fingerprint density at radius 1 is 0.933 bits per heavy atom. The lowest BCUT2D eigenvalue weighted by Crippen LogP contribution is -1.94. The molecular weight excluding hydrogens is 415 g/mol. The Hall–Kier alpha value is -3.01. The molecule has 30 heavy (non-hydrogen) atoms. The van der Waals surface area contributed by atoms with Gasteiger partial charge in [0.2, 0.25) is 0 Å². The van der Waals surface area contributed by atoms with Crippen LogP contribution in [0.15, 0.2) is 72.9 Å². The molecule has 0 fully saturated rings. The summed E-state index contributed by atoms with van der Waals surface area (Å²) in [6.07, 6.45) is 6.06. The van der Waals surface area contributed by atoms with Crippen molar-refractivity contribution in [1.29, 1.82) is 0 Å². The number of phenols is 1. The smallest absolute Gasteiger partial charge is 0.133 e. The van der Waals surface area contributed by atoms with Crippen LogP contribution in [0.3, 0.4) is 0 Å². The van der Waals surface area contributed by atoms with Crippen LogP contribution < -0.4 is 0 Å². The topological polar surface area (TPSA) is 38.0 Å². The Morgan fingerprint density at radius 3 is 2.47 bits per heavy atom. The van der Waals surface area contributed by atoms with E-state index in [1.165, 1.54) is 0 Å². The minimum atomic E-state index is 0.262. The van der Waals surface area contributed by atoms with Crippen LogP contribution in [0, 0.1) is 0 Å². The number of aromatic hydroxyl groups is 1. The highest BCUT2D eigenvalue weighted by Gasteiger charge is 2.10. The van der Waals surface area contributed by atoms with Crippen LogP contribution in [-0.2, 0) is 6.54 Å². The molecule has 0 atom stereocenters. The van der Waals surface area contributed by atoms with Gasteiger partial charge in [-0.2, -0.15) is 0 Å². The van der Waals surface area contributed by atoms with Crippen LogP contribution in [-0.4, -0.2) is 14.7 Å². The van der Waals surface area contributed by atoms with Gasteiger partial charge in [-0.25, -0.2) is 4.98 Å². The Kier molecular flexibility index (Phi) is 5.93. The van der Waals surface area contributed by atoms with E-state index in [0.29, 0.717) is 10.0 Å². The van der Waals surface area contributed by atoms with Gasteiger partial charge in [0.25, 0.3) is 0 Å². The fourth-order valence-corrected chi connectivity index (χ4v) is 3.80. The molecule has 1 aromatic heterocycles. The van der Waals surface area contributed by atoms with Crippen LogP contribution in [0.1, 0.15) is 18.3 Å². The van der Waals surface area contributed by atoms with E-state index in [0.717, 1.165) is 40.3 Å². The number of rotatable bonds is 5. The van der Waals surface area contributed by atoms with E-state index in [4.69, 9.17) is 28.2 Å². The van der Waals surface area contributed by atoms with Gasteiger partial charge in [-0.3, -0.25) is 0 Å². The lowest BCUT2D eigenvalue weighted by atomic mass is 10.0. The number of imidazole rings is 1. The summed E-state index contributed by atoms with van der Waals surface area (Å²) >= 11 is 12.4. The molecule has 1 heterocycles. The second-order valence-electron chi connectivity index (χ2n) is 6.90. The third-order valence-electron chi connectivity index (χ3n) is 4.87. The van der Waals surface area contributed by atoms with Gasteiger partial charge in [0.15, 0.2) is 0 Å². The maximum atomic E-state index is 9.50. The molecule has 0 bridgehead atoms. The van der Waals surface area contributed by atoms with Crippen molar-refractivity contribution < 1.29 is 5.11 Å². The highest BCUT2D eigenvalue weighted by atomic mass is 35.5. The van der Waals surface area contributed by atoms with Gasteiger partial charge < -0.3 is 9.67 Å². The standard InChI is InChI=1S/C25H20Cl2N2O/c1-2-29-16-24(22-12-9-20(26)15-23(22)27)28-25(29)13-6-17-4-3-5-19(14-17)18-7-10-21(30)11-8-18/h3-16,30H,2H2,1H3/b13-6+. The van der Waals surface area contributed by atoms with Gasteiger partial charge in [-0.05, 0) is 66.1 Å². The minimum Gasteiger partial charge on any atom is -0.508 e. The van der Waals surface area contributed by atoms with Gasteiger partial charge in [0, 0.05) is 23.3 Å². The van der Waals surface area contributed by atoms with E-state index in [9.17, 15) is 5.11 Å². The second kappa shape index (κ2) is 8.78. The largest absolute Gasteiger partial charge is 0.508 e. The molecule has 3 aromatic carbocycles. The van der Waals surface area contributed by atoms with Crippen LogP contribution in [0.2, 0.25) is 10.0 Å². The lowest BCUT2D eigenvalue weighted by molar-refractivity contribution is 0.475. The lowest BCUT2D eigenvalue weighted by Gasteiger charge is -2.04. The summed E-state index contributed by atoms with van der Waals surface area (Å²) in [5, 5.41) is 10.7. The summed E-state index contributed by atoms with van der Waals surface area (Å²) in [4.78, 5) is 4.77. The van der Waals surface area contributed by atoms with Gasteiger partial charge in [0.05, 0.1) is 10.7 Å². The third kappa shape index (κ3) is 4.43. The minimum absolute atomic E-state index is 0.262. The molecule has 0 saturated carbocycles. The average Bonchev–Trinajstić information content (AvgIpc) is 3.16. The first-order chi connectivity index (χ1) is 14.5. The van der Waals surface area contributed by atoms with Crippen LogP contribution in [0.4, 0.5) is 0 Å². The quantitative estimate of drug-likeness (QED) is 0.354. The number of hydrogen-bond acceptors (Lipinski definition) is 2. The normalized spacial score (nSPS) is 11.3. The Balaban J connectivity index is 1.63. The highest BCUT2D eigenvalue weighted by molar-refractivity contribution is 6.36. The number of aromatic nitrogens is 2. The van der Waals surface area contributed by atoms with E-state index >= 15 is 0 Å². The molecule has 4 aromatic rings. The summed E-state index contributed by atoms with van der Waals surface area (Å²) < 4.78 is 2.08. The Labute approximate surface area is 185 Å². The molecule has 5 heteroatoms. The zero-order valence-corrected chi connectivity index (χ0v) is 17.9. The SMILES string of the molecule is CCn1cc(-c2ccc(Cl)cc2Cl)nc1/C=C/c1cccc(-c2ccc(O)cc2)c1. The molecule has 1 N–H and O–H groups in total. The van der Waals surface area contributed by atoms with Gasteiger partial charge in [-0.1, -0.05) is 59.6 Å². The summed E-state index contributed by atoms with van der Waals surface area (Å²) in [5.74, 6) is 1.12. The van der Waals surface area contributed by atoms with Crippen LogP contribution in [0.25, 0.3) is 34.5 Å². The summed E-state index contributed by atoms with van der Waals surface area (Å²) in [6, 6.07) is 20.9. The van der Waals surface area contributed by atoms with Crippen molar-refractivity contribution in [2.24, 2.45) is 0 Å². The van der Waals surface area contributed by atoms with Crippen molar-refractivity contribution in [3.8, 4) is 28.1 Å². The average molecular weight is 435 g/mol. The third-order valence-corrected chi connectivity index (χ3v) is 5.42. The number of aryl methyl sites for hydroxylation is 1. The first-order valence-corrected chi connectivity index (χ1v) is 10.4. The maximum Gasteiger partial charge on any atom is 0.133 e. The molecule has 4 rings (SSSR count). The first-order valence-electron chi connectivity index (χ1n) is 9.63. The van der Waals surface area contributed by atoms with Gasteiger partial charge >= 0.3 is 0 Å². The molecule has 3 nitrogen and oxygen atoms in total. The van der Waals surface area contributed by atoms with Gasteiger partial charge in [-0.15, -0.1) is 0 Å². The number of benzene rings is 3. The predicted octanol–water partition coefficient (Wildman–Crippen LogP) is 7.42. The predicted molar refractivity (Wildman–Crippen MR) is 126 cm³/mol. The number of hydrogen-bond donors (Lipinski definition) is 1. The summed E-state index contributed by atoms with van der Waals surface area (Å²) in [5.41, 5.74) is 4.88. The zero-order chi connectivity index (χ0) is 21.1. The van der Waals surface area contributed by atoms with Crippen molar-refractivity contribution >= 4 is 35.4 Å². The van der Waals surface area contributed by atoms with E-state index in [2.05, 4.69) is 29.7 Å². The molecule has 0 unspecified atom stereocenters. The molecule has 0 spiro atoms. The monoisotopic (exact) mass is 434 g/mol. The second-order valence-corrected chi connectivity index (χ2v) is 7.74. The summed E-state index contributed by atoms with van der Waals surface area (Å²) in [6.45, 7) is 2.88. The highest BCUT2D eigenvalue weighted by Crippen LogP contribution is 2.30. The van der Waals surface area contributed by atoms with Crippen molar-refractivity contribution in [1.82, 2.24) is 9.55 Å². The first kappa shape index (κ1) is 20.3. The molecular formula is C25H20Cl2N2O. The number of phenolic OH excluding ortho intramolecular Hbond substituents is 1. The van der Waals surface area contributed by atoms with E-state index < -0.39 is 0 Å². The fourth-order valence-electron chi connectivity index (χ4n) is 3.29. The van der Waals surface area contributed by atoms with Crippen molar-refractivity contribution in [3.63, 3.8) is 0 Å².